The van der Waals surface area contributed by atoms with Crippen molar-refractivity contribution in [2.24, 2.45) is 5.73 Å². The number of carboxylic acids is 1. The van der Waals surface area contributed by atoms with Gasteiger partial charge in [0, 0.05) is 11.5 Å². The number of aliphatic carboxylic acids is 1. The fourth-order valence-corrected chi connectivity index (χ4v) is 2.09. The van der Waals surface area contributed by atoms with E-state index >= 15 is 0 Å². The maximum absolute atomic E-state index is 12.1. The Labute approximate surface area is 160 Å². The third-order valence-electron chi connectivity index (χ3n) is 3.21. The Morgan fingerprint density at radius 1 is 0.962 bits per heavy atom. The normalized spacial score (nSPS) is 16.5. The topological polar surface area (TPSA) is 191 Å². The molecule has 8 N–H and O–H groups in total. The zero-order valence-electron chi connectivity index (χ0n) is 14.0. The first-order valence-electron chi connectivity index (χ1n) is 7.49. The predicted octanol–water partition coefficient (Wildman–Crippen LogP) is -3.91. The van der Waals surface area contributed by atoms with Crippen LogP contribution in [0.15, 0.2) is 0 Å². The summed E-state index contributed by atoms with van der Waals surface area (Å²) in [5.41, 5.74) is 5.45. The van der Waals surface area contributed by atoms with E-state index in [0.29, 0.717) is 0 Å². The van der Waals surface area contributed by atoms with E-state index in [1.165, 1.54) is 6.92 Å². The fraction of sp³-hybridized carbons (Fsp3) is 0.692. The first kappa shape index (κ1) is 24.5. The summed E-state index contributed by atoms with van der Waals surface area (Å²) in [5.74, 6) is -4.17. The molecule has 0 radical (unpaired) electrons. The summed E-state index contributed by atoms with van der Waals surface area (Å²) < 4.78 is 0. The van der Waals surface area contributed by atoms with Crippen LogP contribution in [0.1, 0.15) is 6.92 Å². The molecule has 0 aliphatic rings. The number of hydrogen-bond donors (Lipinski definition) is 9. The number of hydrogen-bond acceptors (Lipinski definition) is 9. The average Bonchev–Trinajstić information content (AvgIpc) is 2.59. The highest BCUT2D eigenvalue weighted by Gasteiger charge is 2.31. The predicted molar refractivity (Wildman–Crippen MR) is 97.9 cm³/mol. The summed E-state index contributed by atoms with van der Waals surface area (Å²) in [7, 11) is 0. The van der Waals surface area contributed by atoms with Crippen molar-refractivity contribution in [1.29, 1.82) is 0 Å². The van der Waals surface area contributed by atoms with Gasteiger partial charge in [-0.25, -0.2) is 4.79 Å². The second-order valence-corrected chi connectivity index (χ2v) is 6.07. The van der Waals surface area contributed by atoms with Gasteiger partial charge in [0.05, 0.1) is 18.8 Å². The first-order valence-corrected chi connectivity index (χ1v) is 8.75. The standard InChI is InChI=1S/C13H24N4O7S2/c1-5(19)9(13(23)24)17-12(22)8(4-26)16-11(21)7(2-18)15-10(20)6(14)3-25/h5-9,18-19,25-26H,2-4,14H2,1H3,(H,15,20)(H,16,21)(H,17,22)(H,23,24). The molecule has 0 spiro atoms. The monoisotopic (exact) mass is 412 g/mol. The van der Waals surface area contributed by atoms with Gasteiger partial charge in [-0.2, -0.15) is 25.3 Å². The van der Waals surface area contributed by atoms with Crippen LogP contribution in [0.5, 0.6) is 0 Å². The molecule has 5 unspecified atom stereocenters. The molecule has 26 heavy (non-hydrogen) atoms. The molecule has 0 heterocycles. The van der Waals surface area contributed by atoms with Crippen LogP contribution in [0.25, 0.3) is 0 Å². The number of aliphatic hydroxyl groups is 2. The van der Waals surface area contributed by atoms with E-state index in [2.05, 4.69) is 41.2 Å². The van der Waals surface area contributed by atoms with Crippen LogP contribution >= 0.6 is 25.3 Å². The Balaban J connectivity index is 4.95. The molecule has 13 heteroatoms. The highest BCUT2D eigenvalue weighted by atomic mass is 32.1. The van der Waals surface area contributed by atoms with Gasteiger partial charge in [0.25, 0.3) is 0 Å². The molecule has 3 amide bonds. The van der Waals surface area contributed by atoms with E-state index in [1.54, 1.807) is 0 Å². The van der Waals surface area contributed by atoms with Crippen molar-refractivity contribution in [2.75, 3.05) is 18.1 Å². The lowest BCUT2D eigenvalue weighted by Crippen LogP contribution is -2.59. The molecule has 11 nitrogen and oxygen atoms in total. The number of nitrogens with one attached hydrogen (secondary N) is 3. The molecule has 0 aliphatic heterocycles. The number of rotatable bonds is 11. The average molecular weight is 412 g/mol. The van der Waals surface area contributed by atoms with Crippen LogP contribution in [0.2, 0.25) is 0 Å². The van der Waals surface area contributed by atoms with Gasteiger partial charge < -0.3 is 37.0 Å². The van der Waals surface area contributed by atoms with Crippen molar-refractivity contribution in [3.8, 4) is 0 Å². The van der Waals surface area contributed by atoms with Crippen LogP contribution in [-0.2, 0) is 19.2 Å². The van der Waals surface area contributed by atoms with Gasteiger partial charge in [-0.15, -0.1) is 0 Å². The quantitative estimate of drug-likeness (QED) is 0.154. The highest BCUT2D eigenvalue weighted by molar-refractivity contribution is 7.80. The SMILES string of the molecule is CC(O)C(NC(=O)C(CS)NC(=O)C(CO)NC(=O)C(N)CS)C(=O)O. The van der Waals surface area contributed by atoms with Gasteiger partial charge >= 0.3 is 5.97 Å². The maximum Gasteiger partial charge on any atom is 0.328 e. The zero-order chi connectivity index (χ0) is 20.4. The summed E-state index contributed by atoms with van der Waals surface area (Å²) >= 11 is 7.75. The maximum atomic E-state index is 12.1. The molecule has 0 aromatic rings. The second-order valence-electron chi connectivity index (χ2n) is 5.34. The number of thiol groups is 2. The molecule has 0 aromatic carbocycles. The molecule has 0 rings (SSSR count). The summed E-state index contributed by atoms with van der Waals surface area (Å²) in [6, 6.07) is -5.22. The van der Waals surface area contributed by atoms with E-state index in [9.17, 15) is 29.4 Å². The molecule has 0 saturated carbocycles. The lowest BCUT2D eigenvalue weighted by molar-refractivity contribution is -0.145. The second kappa shape index (κ2) is 12.0. The number of carboxylic acid groups (broad SMARTS) is 1. The van der Waals surface area contributed by atoms with Crippen LogP contribution < -0.4 is 21.7 Å². The van der Waals surface area contributed by atoms with Crippen LogP contribution in [0, 0.1) is 0 Å². The third kappa shape index (κ3) is 7.78. The largest absolute Gasteiger partial charge is 0.480 e. The molecule has 150 valence electrons. The first-order chi connectivity index (χ1) is 12.1. The van der Waals surface area contributed by atoms with Gasteiger partial charge in [-0.3, -0.25) is 14.4 Å². The number of aliphatic hydroxyl groups excluding tert-OH is 2. The lowest BCUT2D eigenvalue weighted by Gasteiger charge is -2.24. The molecular formula is C13H24N4O7S2. The summed E-state index contributed by atoms with van der Waals surface area (Å²) in [6.45, 7) is 0.415. The van der Waals surface area contributed by atoms with Gasteiger partial charge in [-0.1, -0.05) is 0 Å². The smallest absolute Gasteiger partial charge is 0.328 e. The minimum absolute atomic E-state index is 0.0171. The molecule has 0 saturated heterocycles. The van der Waals surface area contributed by atoms with Gasteiger partial charge in [0.15, 0.2) is 6.04 Å². The minimum Gasteiger partial charge on any atom is -0.480 e. The van der Waals surface area contributed by atoms with Crippen LogP contribution in [0.4, 0.5) is 0 Å². The number of carbonyl (C=O) groups is 4. The molecular weight excluding hydrogens is 388 g/mol. The van der Waals surface area contributed by atoms with Gasteiger partial charge in [-0.05, 0) is 6.92 Å². The molecule has 0 aromatic heterocycles. The number of carbonyl (C=O) groups excluding carboxylic acids is 3. The molecule has 0 fully saturated rings. The highest BCUT2D eigenvalue weighted by Crippen LogP contribution is 1.98. The van der Waals surface area contributed by atoms with Crippen molar-refractivity contribution < 1.29 is 34.5 Å². The Morgan fingerprint density at radius 3 is 1.85 bits per heavy atom. The van der Waals surface area contributed by atoms with Crippen LogP contribution in [0.3, 0.4) is 0 Å². The summed E-state index contributed by atoms with van der Waals surface area (Å²) in [6.07, 6.45) is -1.38. The van der Waals surface area contributed by atoms with E-state index < -0.39 is 60.6 Å². The van der Waals surface area contributed by atoms with Crippen molar-refractivity contribution in [2.45, 2.75) is 37.2 Å². The van der Waals surface area contributed by atoms with E-state index in [0.717, 1.165) is 0 Å². The fourth-order valence-electron chi connectivity index (χ4n) is 1.66. The van der Waals surface area contributed by atoms with Crippen LogP contribution in [-0.4, -0.2) is 87.4 Å². The van der Waals surface area contributed by atoms with Crippen molar-refractivity contribution in [1.82, 2.24) is 16.0 Å². The Hall–Kier alpha value is -1.54. The molecule has 0 bridgehead atoms. The third-order valence-corrected chi connectivity index (χ3v) is 3.97. The molecule has 0 aliphatic carbocycles. The zero-order valence-corrected chi connectivity index (χ0v) is 15.7. The number of amides is 3. The Bertz CT molecular complexity index is 521. The van der Waals surface area contributed by atoms with E-state index in [-0.39, 0.29) is 11.5 Å². The number of nitrogens with two attached hydrogens (primary N) is 1. The van der Waals surface area contributed by atoms with Crippen molar-refractivity contribution >= 4 is 48.9 Å². The summed E-state index contributed by atoms with van der Waals surface area (Å²) in [4.78, 5) is 46.9. The van der Waals surface area contributed by atoms with E-state index in [4.69, 9.17) is 10.8 Å². The van der Waals surface area contributed by atoms with E-state index in [1.807, 2.05) is 0 Å². The van der Waals surface area contributed by atoms with Crippen molar-refractivity contribution in [3.63, 3.8) is 0 Å². The van der Waals surface area contributed by atoms with Gasteiger partial charge in [0.1, 0.15) is 12.1 Å². The van der Waals surface area contributed by atoms with Gasteiger partial charge in [0.2, 0.25) is 17.7 Å². The Morgan fingerprint density at radius 2 is 1.46 bits per heavy atom. The lowest BCUT2D eigenvalue weighted by atomic mass is 10.1. The van der Waals surface area contributed by atoms with Crippen molar-refractivity contribution in [3.05, 3.63) is 0 Å². The molecule has 5 atom stereocenters. The summed E-state index contributed by atoms with van der Waals surface area (Å²) in [5, 5.41) is 34.1. The Kier molecular flexibility index (Phi) is 11.2. The minimum atomic E-state index is -1.58.